The summed E-state index contributed by atoms with van der Waals surface area (Å²) >= 11 is 7.74. The highest BCUT2D eigenvalue weighted by molar-refractivity contribution is 7.99. The second kappa shape index (κ2) is 4.50. The van der Waals surface area contributed by atoms with Gasteiger partial charge >= 0.3 is 0 Å². The van der Waals surface area contributed by atoms with Gasteiger partial charge in [-0.1, -0.05) is 6.92 Å². The quantitative estimate of drug-likeness (QED) is 0.584. The Morgan fingerprint density at radius 3 is 2.80 bits per heavy atom. The van der Waals surface area contributed by atoms with Crippen LogP contribution in [0.15, 0.2) is 0 Å². The van der Waals surface area contributed by atoms with E-state index in [0.717, 1.165) is 11.8 Å². The third-order valence-electron chi connectivity index (χ3n) is 1.72. The minimum atomic E-state index is 0.699. The summed E-state index contributed by atoms with van der Waals surface area (Å²) in [7, 11) is 0. The molecule has 0 spiro atoms. The van der Waals surface area contributed by atoms with E-state index in [9.17, 15) is 0 Å². The average molecular weight is 179 g/mol. The third-order valence-corrected chi connectivity index (χ3v) is 3.75. The Morgan fingerprint density at radius 2 is 2.30 bits per heavy atom. The van der Waals surface area contributed by atoms with E-state index in [-0.39, 0.29) is 0 Å². The molecule has 0 aliphatic heterocycles. The first-order valence-corrected chi connectivity index (χ1v) is 5.65. The molecule has 0 aromatic rings. The summed E-state index contributed by atoms with van der Waals surface area (Å²) in [6.07, 6.45) is 2.95. The molecule has 0 radical (unpaired) electrons. The molecule has 0 N–H and O–H groups in total. The maximum atomic E-state index is 5.67. The van der Waals surface area contributed by atoms with Gasteiger partial charge in [-0.25, -0.2) is 0 Å². The molecule has 0 aromatic heterocycles. The van der Waals surface area contributed by atoms with Crippen LogP contribution in [0.2, 0.25) is 0 Å². The summed E-state index contributed by atoms with van der Waals surface area (Å²) in [5.74, 6) is 5.21. The molecule has 0 saturated heterocycles. The highest BCUT2D eigenvalue weighted by Gasteiger charge is 2.20. The van der Waals surface area contributed by atoms with Crippen LogP contribution in [0.5, 0.6) is 0 Å². The van der Waals surface area contributed by atoms with Crippen LogP contribution in [0.25, 0.3) is 0 Å². The zero-order valence-corrected chi connectivity index (χ0v) is 8.05. The van der Waals surface area contributed by atoms with Gasteiger partial charge in [-0.3, -0.25) is 0 Å². The van der Waals surface area contributed by atoms with Crippen molar-refractivity contribution in [3.8, 4) is 0 Å². The molecular formula is C8H15ClS. The lowest BCUT2D eigenvalue weighted by Crippen LogP contribution is -2.00. The van der Waals surface area contributed by atoms with Crippen molar-refractivity contribution < 1.29 is 0 Å². The number of alkyl halides is 1. The van der Waals surface area contributed by atoms with Crippen LogP contribution < -0.4 is 0 Å². The first kappa shape index (κ1) is 8.73. The van der Waals surface area contributed by atoms with E-state index < -0.39 is 0 Å². The average Bonchev–Trinajstić information content (AvgIpc) is 2.71. The molecule has 0 nitrogen and oxygen atoms in total. The summed E-state index contributed by atoms with van der Waals surface area (Å²) in [4.78, 5) is 0. The van der Waals surface area contributed by atoms with Gasteiger partial charge in [0, 0.05) is 5.88 Å². The van der Waals surface area contributed by atoms with Gasteiger partial charge in [0.05, 0.1) is 0 Å². The molecule has 1 unspecified atom stereocenters. The molecule has 1 aliphatic carbocycles. The summed E-state index contributed by atoms with van der Waals surface area (Å²) in [6, 6.07) is 0. The third kappa shape index (κ3) is 3.72. The van der Waals surface area contributed by atoms with Crippen molar-refractivity contribution in [2.24, 2.45) is 11.8 Å². The molecular weight excluding hydrogens is 164 g/mol. The van der Waals surface area contributed by atoms with Gasteiger partial charge in [0.25, 0.3) is 0 Å². The normalized spacial score (nSPS) is 21.0. The first-order chi connectivity index (χ1) is 4.83. The van der Waals surface area contributed by atoms with Crippen molar-refractivity contribution >= 4 is 23.4 Å². The van der Waals surface area contributed by atoms with Crippen molar-refractivity contribution in [3.05, 3.63) is 0 Å². The molecule has 0 amide bonds. The molecule has 0 aromatic carbocycles. The Balaban J connectivity index is 1.83. The number of halogens is 1. The van der Waals surface area contributed by atoms with E-state index in [1.165, 1.54) is 24.3 Å². The number of hydrogen-bond acceptors (Lipinski definition) is 1. The fourth-order valence-corrected chi connectivity index (χ4v) is 2.33. The Kier molecular flexibility index (Phi) is 3.93. The van der Waals surface area contributed by atoms with E-state index in [4.69, 9.17) is 11.6 Å². The van der Waals surface area contributed by atoms with Gasteiger partial charge in [-0.05, 0) is 36.2 Å². The molecule has 60 valence electrons. The highest BCUT2D eigenvalue weighted by Crippen LogP contribution is 2.32. The molecule has 2 heteroatoms. The van der Waals surface area contributed by atoms with Gasteiger partial charge < -0.3 is 0 Å². The molecule has 1 atom stereocenters. The second-order valence-electron chi connectivity index (χ2n) is 3.24. The monoisotopic (exact) mass is 178 g/mol. The summed E-state index contributed by atoms with van der Waals surface area (Å²) in [5.41, 5.74) is 0. The summed E-state index contributed by atoms with van der Waals surface area (Å²) in [5, 5.41) is 0. The van der Waals surface area contributed by atoms with E-state index >= 15 is 0 Å². The number of rotatable bonds is 5. The Hall–Kier alpha value is 0.640. The predicted molar refractivity (Wildman–Crippen MR) is 49.9 cm³/mol. The molecule has 10 heavy (non-hydrogen) atoms. The van der Waals surface area contributed by atoms with Crippen LogP contribution >= 0.6 is 23.4 Å². The predicted octanol–water partition coefficient (Wildman–Crippen LogP) is 3.00. The first-order valence-electron chi connectivity index (χ1n) is 3.96. The molecule has 0 bridgehead atoms. The topological polar surface area (TPSA) is 0 Å². The minimum Gasteiger partial charge on any atom is -0.161 e. The van der Waals surface area contributed by atoms with Gasteiger partial charge in [-0.15, -0.1) is 11.6 Å². The lowest BCUT2D eigenvalue weighted by molar-refractivity contribution is 0.757. The van der Waals surface area contributed by atoms with Crippen molar-refractivity contribution in [3.63, 3.8) is 0 Å². The van der Waals surface area contributed by atoms with Crippen molar-refractivity contribution in [1.82, 2.24) is 0 Å². The molecule has 0 heterocycles. The molecule has 1 rings (SSSR count). The van der Waals surface area contributed by atoms with Crippen LogP contribution in [-0.4, -0.2) is 17.4 Å². The van der Waals surface area contributed by atoms with E-state index in [1.807, 2.05) is 0 Å². The van der Waals surface area contributed by atoms with E-state index in [1.54, 1.807) is 0 Å². The fourth-order valence-electron chi connectivity index (χ4n) is 0.765. The van der Waals surface area contributed by atoms with Crippen LogP contribution in [0, 0.1) is 11.8 Å². The highest BCUT2D eigenvalue weighted by atomic mass is 35.5. The molecule has 1 saturated carbocycles. The van der Waals surface area contributed by atoms with Crippen molar-refractivity contribution in [2.45, 2.75) is 19.8 Å². The lowest BCUT2D eigenvalue weighted by Gasteiger charge is -2.04. The second-order valence-corrected chi connectivity index (χ2v) is 4.62. The smallest absolute Gasteiger partial charge is 0.0257 e. The number of hydrogen-bond donors (Lipinski definition) is 0. The van der Waals surface area contributed by atoms with Crippen LogP contribution in [0.4, 0.5) is 0 Å². The SMILES string of the molecule is CC(CCl)CSCC1CC1. The Labute approximate surface area is 72.7 Å². The largest absolute Gasteiger partial charge is 0.161 e. The summed E-state index contributed by atoms with van der Waals surface area (Å²) in [6.45, 7) is 2.22. The Morgan fingerprint density at radius 1 is 1.60 bits per heavy atom. The van der Waals surface area contributed by atoms with Gasteiger partial charge in [0.2, 0.25) is 0 Å². The summed E-state index contributed by atoms with van der Waals surface area (Å²) < 4.78 is 0. The van der Waals surface area contributed by atoms with Gasteiger partial charge in [0.15, 0.2) is 0 Å². The maximum absolute atomic E-state index is 5.67. The van der Waals surface area contributed by atoms with E-state index in [2.05, 4.69) is 18.7 Å². The van der Waals surface area contributed by atoms with Crippen molar-refractivity contribution in [2.75, 3.05) is 17.4 Å². The standard InChI is InChI=1S/C8H15ClS/c1-7(4-9)5-10-6-8-2-3-8/h7-8H,2-6H2,1H3. The molecule has 1 fully saturated rings. The van der Waals surface area contributed by atoms with E-state index in [0.29, 0.717) is 5.92 Å². The number of thioether (sulfide) groups is 1. The van der Waals surface area contributed by atoms with Crippen molar-refractivity contribution in [1.29, 1.82) is 0 Å². The van der Waals surface area contributed by atoms with Crippen LogP contribution in [-0.2, 0) is 0 Å². The maximum Gasteiger partial charge on any atom is 0.0257 e. The van der Waals surface area contributed by atoms with Gasteiger partial charge in [0.1, 0.15) is 0 Å². The minimum absolute atomic E-state index is 0.699. The zero-order chi connectivity index (χ0) is 7.40. The van der Waals surface area contributed by atoms with Crippen LogP contribution in [0.3, 0.4) is 0 Å². The Bertz CT molecular complexity index is 91.3. The van der Waals surface area contributed by atoms with Gasteiger partial charge in [-0.2, -0.15) is 11.8 Å². The zero-order valence-electron chi connectivity index (χ0n) is 6.48. The fraction of sp³-hybridized carbons (Fsp3) is 1.00. The molecule has 1 aliphatic rings. The van der Waals surface area contributed by atoms with Crippen LogP contribution in [0.1, 0.15) is 19.8 Å². The lowest BCUT2D eigenvalue weighted by atomic mass is 10.3.